The molecule has 2 aromatic heterocycles. The summed E-state index contributed by atoms with van der Waals surface area (Å²) in [5.41, 5.74) is 12.4. The summed E-state index contributed by atoms with van der Waals surface area (Å²) in [6.07, 6.45) is 3.32. The Morgan fingerprint density at radius 3 is 2.62 bits per heavy atom. The minimum atomic E-state index is -0.221. The van der Waals surface area contributed by atoms with E-state index < -0.39 is 0 Å². The molecular formula is C13H14Cl2N6O2S. The Morgan fingerprint density at radius 1 is 1.21 bits per heavy atom. The van der Waals surface area contributed by atoms with Crippen LogP contribution < -0.4 is 11.5 Å². The van der Waals surface area contributed by atoms with Gasteiger partial charge in [-0.3, -0.25) is 4.40 Å². The molecule has 0 aliphatic heterocycles. The fraction of sp³-hybridized carbons (Fsp3) is 0. The Bertz CT molecular complexity index is 901. The zero-order chi connectivity index (χ0) is 15.7. The topological polar surface area (TPSA) is 135 Å². The first-order chi connectivity index (χ1) is 10.6. The van der Waals surface area contributed by atoms with E-state index in [0.717, 1.165) is 4.96 Å². The molecule has 0 fully saturated rings. The van der Waals surface area contributed by atoms with Gasteiger partial charge in [0.05, 0.1) is 17.6 Å². The lowest BCUT2D eigenvalue weighted by Gasteiger charge is -2.02. The van der Waals surface area contributed by atoms with E-state index in [1.807, 2.05) is 16.0 Å². The molecule has 0 atom stereocenters. The molecule has 0 saturated carbocycles. The first kappa shape index (κ1) is 19.6. The minimum absolute atomic E-state index is 0. The molecule has 0 radical (unpaired) electrons. The molecule has 8 nitrogen and oxygen atoms in total. The van der Waals surface area contributed by atoms with Crippen LogP contribution >= 0.6 is 36.2 Å². The van der Waals surface area contributed by atoms with Gasteiger partial charge in [-0.2, -0.15) is 5.10 Å². The third-order valence-electron chi connectivity index (χ3n) is 2.90. The maximum absolute atomic E-state index is 9.66. The van der Waals surface area contributed by atoms with E-state index >= 15 is 0 Å². The highest BCUT2D eigenvalue weighted by atomic mass is 35.5. The molecule has 11 heteroatoms. The number of rotatable bonds is 3. The zero-order valence-electron chi connectivity index (χ0n) is 12.0. The lowest BCUT2D eigenvalue weighted by Crippen LogP contribution is -2.21. The van der Waals surface area contributed by atoms with E-state index in [1.54, 1.807) is 6.07 Å². The SMILES string of the molecule is Cl.Cl.NC(N)=N/N=C/c1c(-c2ccc(O)c(O)c2)nc2sccn12. The van der Waals surface area contributed by atoms with E-state index in [0.29, 0.717) is 17.0 Å². The number of phenols is 2. The Hall–Kier alpha value is -2.49. The van der Waals surface area contributed by atoms with Gasteiger partial charge in [0.15, 0.2) is 16.5 Å². The molecule has 0 spiro atoms. The second-order valence-corrected chi connectivity index (χ2v) is 5.25. The van der Waals surface area contributed by atoms with E-state index in [2.05, 4.69) is 15.2 Å². The number of benzene rings is 1. The van der Waals surface area contributed by atoms with Crippen molar-refractivity contribution in [3.63, 3.8) is 0 Å². The van der Waals surface area contributed by atoms with Gasteiger partial charge in [0.1, 0.15) is 0 Å². The smallest absolute Gasteiger partial charge is 0.211 e. The van der Waals surface area contributed by atoms with Crippen LogP contribution in [-0.2, 0) is 0 Å². The largest absolute Gasteiger partial charge is 0.504 e. The highest BCUT2D eigenvalue weighted by molar-refractivity contribution is 7.15. The van der Waals surface area contributed by atoms with Crippen molar-refractivity contribution in [1.29, 1.82) is 0 Å². The molecule has 3 rings (SSSR count). The van der Waals surface area contributed by atoms with Crippen LogP contribution in [0.3, 0.4) is 0 Å². The lowest BCUT2D eigenvalue weighted by molar-refractivity contribution is 0.404. The maximum Gasteiger partial charge on any atom is 0.211 e. The maximum atomic E-state index is 9.66. The molecule has 24 heavy (non-hydrogen) atoms. The average molecular weight is 389 g/mol. The normalized spacial score (nSPS) is 10.3. The van der Waals surface area contributed by atoms with Crippen LogP contribution in [0, 0.1) is 0 Å². The second-order valence-electron chi connectivity index (χ2n) is 4.37. The molecular weight excluding hydrogens is 375 g/mol. The van der Waals surface area contributed by atoms with Gasteiger partial charge in [-0.15, -0.1) is 41.3 Å². The van der Waals surface area contributed by atoms with E-state index in [9.17, 15) is 10.2 Å². The summed E-state index contributed by atoms with van der Waals surface area (Å²) in [6.45, 7) is 0. The predicted molar refractivity (Wildman–Crippen MR) is 99.7 cm³/mol. The number of fused-ring (bicyclic) bond motifs is 1. The van der Waals surface area contributed by atoms with Gasteiger partial charge < -0.3 is 21.7 Å². The Kier molecular flexibility index (Phi) is 6.41. The number of nitrogens with two attached hydrogens (primary N) is 2. The van der Waals surface area contributed by atoms with Crippen molar-refractivity contribution in [3.8, 4) is 22.8 Å². The monoisotopic (exact) mass is 388 g/mol. The number of halogens is 2. The Labute approximate surface area is 153 Å². The van der Waals surface area contributed by atoms with Gasteiger partial charge in [-0.05, 0) is 18.2 Å². The third kappa shape index (κ3) is 3.70. The Balaban J connectivity index is 0.00000144. The fourth-order valence-electron chi connectivity index (χ4n) is 1.96. The molecule has 0 bridgehead atoms. The van der Waals surface area contributed by atoms with Crippen molar-refractivity contribution in [2.75, 3.05) is 0 Å². The first-order valence-electron chi connectivity index (χ1n) is 6.16. The summed E-state index contributed by atoms with van der Waals surface area (Å²) in [6, 6.07) is 4.48. The van der Waals surface area contributed by atoms with Crippen LogP contribution in [-0.4, -0.2) is 31.8 Å². The second kappa shape index (κ2) is 7.86. The van der Waals surface area contributed by atoms with Crippen LogP contribution in [0.25, 0.3) is 16.2 Å². The molecule has 1 aromatic carbocycles. The number of hydrogen-bond acceptors (Lipinski definition) is 6. The van der Waals surface area contributed by atoms with Gasteiger partial charge in [0, 0.05) is 17.1 Å². The van der Waals surface area contributed by atoms with Crippen molar-refractivity contribution >= 4 is 53.3 Å². The molecule has 128 valence electrons. The van der Waals surface area contributed by atoms with Gasteiger partial charge in [-0.1, -0.05) is 0 Å². The summed E-state index contributed by atoms with van der Waals surface area (Å²) in [4.78, 5) is 5.26. The van der Waals surface area contributed by atoms with Crippen molar-refractivity contribution in [1.82, 2.24) is 9.38 Å². The van der Waals surface area contributed by atoms with Crippen molar-refractivity contribution in [2.45, 2.75) is 0 Å². The molecule has 6 N–H and O–H groups in total. The summed E-state index contributed by atoms with van der Waals surface area (Å²) < 4.78 is 1.83. The number of guanidine groups is 1. The van der Waals surface area contributed by atoms with Crippen LogP contribution in [0.5, 0.6) is 11.5 Å². The van der Waals surface area contributed by atoms with Gasteiger partial charge in [-0.25, -0.2) is 4.98 Å². The van der Waals surface area contributed by atoms with Crippen LogP contribution in [0.4, 0.5) is 0 Å². The fourth-order valence-corrected chi connectivity index (χ4v) is 2.68. The minimum Gasteiger partial charge on any atom is -0.504 e. The number of aromatic hydroxyl groups is 2. The molecule has 3 aromatic rings. The van der Waals surface area contributed by atoms with Crippen molar-refractivity contribution in [3.05, 3.63) is 35.5 Å². The zero-order valence-corrected chi connectivity index (χ0v) is 14.5. The number of phenolic OH excluding ortho intramolecular Hbond substituents is 2. The molecule has 2 heterocycles. The van der Waals surface area contributed by atoms with Crippen molar-refractivity contribution < 1.29 is 10.2 Å². The number of thiazole rings is 1. The van der Waals surface area contributed by atoms with Crippen LogP contribution in [0.15, 0.2) is 40.0 Å². The Morgan fingerprint density at radius 2 is 1.96 bits per heavy atom. The average Bonchev–Trinajstić information content (AvgIpc) is 3.04. The standard InChI is InChI=1S/C13H12N6O2S.2ClH/c14-12(15)18-16-6-8-11(17-13-19(8)3-4-22-13)7-1-2-9(20)10(21)5-7;;/h1-6,20-21H,(H4,14,15,18);2*1H/b16-6+;;. The first-order valence-corrected chi connectivity index (χ1v) is 7.04. The summed E-state index contributed by atoms with van der Waals surface area (Å²) in [7, 11) is 0. The van der Waals surface area contributed by atoms with Crippen LogP contribution in [0.1, 0.15) is 5.69 Å². The van der Waals surface area contributed by atoms with Gasteiger partial charge in [0.2, 0.25) is 5.96 Å². The molecule has 0 aliphatic rings. The quantitative estimate of drug-likeness (QED) is 0.235. The lowest BCUT2D eigenvalue weighted by atomic mass is 10.1. The van der Waals surface area contributed by atoms with E-state index in [4.69, 9.17) is 11.5 Å². The molecule has 0 aliphatic carbocycles. The number of nitrogens with zero attached hydrogens (tertiary/aromatic N) is 4. The molecule has 0 amide bonds. The highest BCUT2D eigenvalue weighted by Crippen LogP contribution is 2.32. The highest BCUT2D eigenvalue weighted by Gasteiger charge is 2.14. The van der Waals surface area contributed by atoms with E-state index in [-0.39, 0.29) is 42.3 Å². The number of aromatic nitrogens is 2. The van der Waals surface area contributed by atoms with Gasteiger partial charge in [0.25, 0.3) is 0 Å². The summed E-state index contributed by atoms with van der Waals surface area (Å²) >= 11 is 1.46. The van der Waals surface area contributed by atoms with Crippen LogP contribution in [0.2, 0.25) is 0 Å². The summed E-state index contributed by atoms with van der Waals surface area (Å²) in [5, 5.41) is 28.3. The third-order valence-corrected chi connectivity index (χ3v) is 3.66. The van der Waals surface area contributed by atoms with Gasteiger partial charge >= 0.3 is 0 Å². The van der Waals surface area contributed by atoms with E-state index in [1.165, 1.54) is 29.7 Å². The molecule has 0 unspecified atom stereocenters. The number of imidazole rings is 1. The van der Waals surface area contributed by atoms with Crippen molar-refractivity contribution in [2.24, 2.45) is 21.7 Å². The summed E-state index contributed by atoms with van der Waals surface area (Å²) in [5.74, 6) is -0.562. The number of hydrogen-bond donors (Lipinski definition) is 4. The molecule has 0 saturated heterocycles. The predicted octanol–water partition coefficient (Wildman–Crippen LogP) is 1.92.